The van der Waals surface area contributed by atoms with Crippen molar-refractivity contribution in [1.29, 1.82) is 0 Å². The van der Waals surface area contributed by atoms with Crippen LogP contribution < -0.4 is 4.74 Å². The van der Waals surface area contributed by atoms with Crippen LogP contribution in [0.15, 0.2) is 30.3 Å². The number of hydrogen-bond acceptors (Lipinski definition) is 3. The number of benzene rings is 1. The Hall–Kier alpha value is -1.86. The Bertz CT molecular complexity index is 376. The maximum Gasteiger partial charge on any atom is 0.163 e. The number of ketones is 1. The van der Waals surface area contributed by atoms with Crippen LogP contribution in [0, 0.1) is 0 Å². The average molecular weight is 190 g/mol. The summed E-state index contributed by atoms with van der Waals surface area (Å²) in [5.41, 5.74) is 0.520. The third-order valence-corrected chi connectivity index (χ3v) is 1.67. The minimum absolute atomic E-state index is 0.0596. The number of Topliss-reactive ketones (excluding diaryl/α,β-unsaturated/α-hetero) is 1. The minimum Gasteiger partial charge on any atom is -0.488 e. The van der Waals surface area contributed by atoms with E-state index in [1.54, 1.807) is 30.2 Å². The predicted octanol–water partition coefficient (Wildman–Crippen LogP) is 1.66. The molecule has 3 heteroatoms. The van der Waals surface area contributed by atoms with Gasteiger partial charge < -0.3 is 4.74 Å². The molecule has 1 aromatic rings. The average Bonchev–Trinajstić information content (AvgIpc) is 2.19. The second-order valence-corrected chi connectivity index (χ2v) is 2.69. The van der Waals surface area contributed by atoms with Gasteiger partial charge in [-0.1, -0.05) is 12.1 Å². The van der Waals surface area contributed by atoms with Crippen LogP contribution in [0.25, 0.3) is 0 Å². The fourth-order valence-electron chi connectivity index (χ4n) is 1.05. The Morgan fingerprint density at radius 1 is 1.50 bits per heavy atom. The first-order chi connectivity index (χ1) is 6.75. The number of ether oxygens (including phenoxy) is 1. The highest BCUT2D eigenvalue weighted by Crippen LogP contribution is 2.17. The van der Waals surface area contributed by atoms with Gasteiger partial charge in [0.2, 0.25) is 0 Å². The highest BCUT2D eigenvalue weighted by atomic mass is 16.5. The zero-order valence-electron chi connectivity index (χ0n) is 7.82. The normalized spacial score (nSPS) is 8.93. The van der Waals surface area contributed by atoms with Crippen molar-refractivity contribution in [3.63, 3.8) is 0 Å². The highest BCUT2D eigenvalue weighted by molar-refractivity contribution is 5.96. The van der Waals surface area contributed by atoms with Crippen LogP contribution in [-0.4, -0.2) is 18.3 Å². The van der Waals surface area contributed by atoms with Gasteiger partial charge in [0, 0.05) is 6.08 Å². The molecule has 0 saturated heterocycles. The fraction of sp³-hybridized carbons (Fsp3) is 0.182. The van der Waals surface area contributed by atoms with Gasteiger partial charge in [0.25, 0.3) is 0 Å². The highest BCUT2D eigenvalue weighted by Gasteiger charge is 2.05. The van der Waals surface area contributed by atoms with Crippen LogP contribution in [0.5, 0.6) is 5.75 Å². The summed E-state index contributed by atoms with van der Waals surface area (Å²) in [6, 6.07) is 6.91. The van der Waals surface area contributed by atoms with Gasteiger partial charge in [0.05, 0.1) is 5.56 Å². The maximum atomic E-state index is 11.1. The van der Waals surface area contributed by atoms with Gasteiger partial charge in [0.1, 0.15) is 18.3 Å². The van der Waals surface area contributed by atoms with Crippen LogP contribution in [0.1, 0.15) is 17.3 Å². The van der Waals surface area contributed by atoms with Crippen LogP contribution in [0.4, 0.5) is 0 Å². The molecule has 0 aliphatic carbocycles. The summed E-state index contributed by atoms with van der Waals surface area (Å²) < 4.78 is 5.20. The molecule has 0 aliphatic rings. The monoisotopic (exact) mass is 190 g/mol. The molecule has 0 radical (unpaired) electrons. The second kappa shape index (κ2) is 5.00. The second-order valence-electron chi connectivity index (χ2n) is 2.69. The lowest BCUT2D eigenvalue weighted by Crippen LogP contribution is -2.00. The topological polar surface area (TPSA) is 43.4 Å². The van der Waals surface area contributed by atoms with E-state index in [2.05, 4.69) is 0 Å². The van der Waals surface area contributed by atoms with Gasteiger partial charge in [-0.25, -0.2) is 4.79 Å². The molecule has 0 bridgehead atoms. The zero-order valence-corrected chi connectivity index (χ0v) is 7.82. The zero-order chi connectivity index (χ0) is 10.4. The molecule has 0 aliphatic heterocycles. The van der Waals surface area contributed by atoms with E-state index in [0.717, 1.165) is 0 Å². The number of hydrogen-bond donors (Lipinski definition) is 0. The van der Waals surface area contributed by atoms with Gasteiger partial charge in [-0.2, -0.15) is 0 Å². The van der Waals surface area contributed by atoms with Crippen molar-refractivity contribution in [3.05, 3.63) is 35.9 Å². The van der Waals surface area contributed by atoms with E-state index >= 15 is 0 Å². The first-order valence-corrected chi connectivity index (χ1v) is 4.18. The molecule has 0 N–H and O–H groups in total. The molecule has 0 atom stereocenters. The predicted molar refractivity (Wildman–Crippen MR) is 52.2 cm³/mol. The Morgan fingerprint density at radius 2 is 2.21 bits per heavy atom. The van der Waals surface area contributed by atoms with Gasteiger partial charge in [-0.15, -0.1) is 0 Å². The van der Waals surface area contributed by atoms with Crippen molar-refractivity contribution < 1.29 is 14.3 Å². The van der Waals surface area contributed by atoms with E-state index in [-0.39, 0.29) is 12.4 Å². The standard InChI is InChI=1S/C11H10O3/c1-9(13)10-5-2-3-6-11(10)14-8-4-7-12/h2-6H,8H2,1H3. The fourth-order valence-corrected chi connectivity index (χ4v) is 1.05. The minimum atomic E-state index is -0.0596. The summed E-state index contributed by atoms with van der Waals surface area (Å²) in [7, 11) is 0. The SMILES string of the molecule is CC(=O)c1ccccc1OCC=C=O. The summed E-state index contributed by atoms with van der Waals surface area (Å²) in [5.74, 6) is 2.03. The quantitative estimate of drug-likeness (QED) is 0.535. The number of para-hydroxylation sites is 1. The molecule has 3 nitrogen and oxygen atoms in total. The molecule has 14 heavy (non-hydrogen) atoms. The van der Waals surface area contributed by atoms with Crippen molar-refractivity contribution >= 4 is 11.7 Å². The summed E-state index contributed by atoms with van der Waals surface area (Å²) >= 11 is 0. The molecule has 1 aromatic carbocycles. The molecule has 0 spiro atoms. The number of carbonyl (C=O) groups excluding carboxylic acids is 2. The van der Waals surface area contributed by atoms with E-state index in [4.69, 9.17) is 4.74 Å². The third-order valence-electron chi connectivity index (χ3n) is 1.67. The largest absolute Gasteiger partial charge is 0.488 e. The van der Waals surface area contributed by atoms with E-state index in [0.29, 0.717) is 11.3 Å². The third kappa shape index (κ3) is 2.57. The van der Waals surface area contributed by atoms with Gasteiger partial charge in [-0.05, 0) is 19.1 Å². The Balaban J connectivity index is 2.84. The van der Waals surface area contributed by atoms with Crippen molar-refractivity contribution in [2.24, 2.45) is 0 Å². The van der Waals surface area contributed by atoms with Crippen molar-refractivity contribution in [3.8, 4) is 5.75 Å². The molecule has 0 amide bonds. The van der Waals surface area contributed by atoms with Crippen LogP contribution in [-0.2, 0) is 4.79 Å². The van der Waals surface area contributed by atoms with E-state index in [1.807, 2.05) is 0 Å². The first-order valence-electron chi connectivity index (χ1n) is 4.18. The summed E-state index contributed by atoms with van der Waals surface area (Å²) in [4.78, 5) is 21.0. The molecule has 0 heterocycles. The molecule has 0 fully saturated rings. The molecule has 0 aromatic heterocycles. The lowest BCUT2D eigenvalue weighted by atomic mass is 10.1. The van der Waals surface area contributed by atoms with Crippen molar-refractivity contribution in [2.75, 3.05) is 6.61 Å². The Morgan fingerprint density at radius 3 is 2.86 bits per heavy atom. The summed E-state index contributed by atoms with van der Waals surface area (Å²) in [6.07, 6.45) is 1.22. The smallest absolute Gasteiger partial charge is 0.163 e. The Kier molecular flexibility index (Phi) is 3.65. The number of carbonyl (C=O) groups is 1. The van der Waals surface area contributed by atoms with Crippen LogP contribution in [0.2, 0.25) is 0 Å². The molecule has 0 saturated carbocycles. The first kappa shape index (κ1) is 10.2. The number of rotatable bonds is 4. The van der Waals surface area contributed by atoms with E-state index in [1.165, 1.54) is 13.0 Å². The van der Waals surface area contributed by atoms with Gasteiger partial charge in [-0.3, -0.25) is 4.79 Å². The molecule has 0 unspecified atom stereocenters. The summed E-state index contributed by atoms with van der Waals surface area (Å²) in [5, 5.41) is 0. The lowest BCUT2D eigenvalue weighted by molar-refractivity contribution is 0.101. The Labute approximate surface area is 82.0 Å². The molecule has 1 rings (SSSR count). The van der Waals surface area contributed by atoms with Gasteiger partial charge in [0.15, 0.2) is 5.78 Å². The van der Waals surface area contributed by atoms with E-state index in [9.17, 15) is 9.59 Å². The van der Waals surface area contributed by atoms with Crippen molar-refractivity contribution in [2.45, 2.75) is 6.92 Å². The van der Waals surface area contributed by atoms with Gasteiger partial charge >= 0.3 is 0 Å². The molecule has 72 valence electrons. The maximum absolute atomic E-state index is 11.1. The molecular weight excluding hydrogens is 180 g/mol. The van der Waals surface area contributed by atoms with E-state index < -0.39 is 0 Å². The van der Waals surface area contributed by atoms with Crippen LogP contribution >= 0.6 is 0 Å². The molecular formula is C11H10O3. The lowest BCUT2D eigenvalue weighted by Gasteiger charge is -2.06. The van der Waals surface area contributed by atoms with Crippen LogP contribution in [0.3, 0.4) is 0 Å². The summed E-state index contributed by atoms with van der Waals surface area (Å²) in [6.45, 7) is 1.60. The van der Waals surface area contributed by atoms with Crippen molar-refractivity contribution in [1.82, 2.24) is 0 Å².